The molecule has 1 unspecified atom stereocenters. The van der Waals surface area contributed by atoms with Gasteiger partial charge in [-0.25, -0.2) is 5.43 Å². The number of hydrazine groups is 1. The Bertz CT molecular complexity index is 543. The third kappa shape index (κ3) is 3.49. The van der Waals surface area contributed by atoms with Gasteiger partial charge in [0.25, 0.3) is 0 Å². The molecular weight excluding hydrogens is 264 g/mol. The van der Waals surface area contributed by atoms with E-state index in [9.17, 15) is 8.78 Å². The molecule has 0 aliphatic carbocycles. The zero-order chi connectivity index (χ0) is 14.5. The monoisotopic (exact) mass is 279 g/mol. The highest BCUT2D eigenvalue weighted by atomic mass is 19.3. The maximum absolute atomic E-state index is 12.1. The average molecular weight is 279 g/mol. The minimum absolute atomic E-state index is 0.113. The lowest BCUT2D eigenvalue weighted by molar-refractivity contribution is -0.0498. The normalized spacial score (nSPS) is 12.4. The highest BCUT2D eigenvalue weighted by molar-refractivity contribution is 5.34. The van der Waals surface area contributed by atoms with Gasteiger partial charge in [-0.3, -0.25) is 10.8 Å². The molecule has 3 N–H and O–H groups in total. The smallest absolute Gasteiger partial charge is 0.387 e. The Labute approximate surface area is 115 Å². The first-order valence-corrected chi connectivity index (χ1v) is 6.03. The molecule has 1 atom stereocenters. The molecule has 4 nitrogen and oxygen atoms in total. The Kier molecular flexibility index (Phi) is 4.60. The molecular formula is C14H15F2N3O. The Morgan fingerprint density at radius 2 is 1.75 bits per heavy atom. The van der Waals surface area contributed by atoms with E-state index in [-0.39, 0.29) is 11.8 Å². The number of alkyl halides is 2. The first-order chi connectivity index (χ1) is 9.60. The summed E-state index contributed by atoms with van der Waals surface area (Å²) in [6, 6.07) is 9.86. The summed E-state index contributed by atoms with van der Waals surface area (Å²) in [6.45, 7) is -0.934. The van der Waals surface area contributed by atoms with Crippen LogP contribution in [0, 0.1) is 6.92 Å². The number of ether oxygens (including phenoxy) is 1. The summed E-state index contributed by atoms with van der Waals surface area (Å²) < 4.78 is 28.5. The maximum atomic E-state index is 12.1. The molecule has 0 fully saturated rings. The van der Waals surface area contributed by atoms with Crippen LogP contribution in [0.3, 0.4) is 0 Å². The van der Waals surface area contributed by atoms with Crippen LogP contribution >= 0.6 is 0 Å². The van der Waals surface area contributed by atoms with E-state index in [1.54, 1.807) is 18.3 Å². The van der Waals surface area contributed by atoms with E-state index < -0.39 is 6.61 Å². The van der Waals surface area contributed by atoms with Crippen molar-refractivity contribution in [2.75, 3.05) is 0 Å². The summed E-state index contributed by atoms with van der Waals surface area (Å²) in [5.74, 6) is 5.68. The number of aromatic nitrogens is 1. The van der Waals surface area contributed by atoms with Gasteiger partial charge in [0.05, 0.1) is 6.04 Å². The molecule has 0 saturated carbocycles. The van der Waals surface area contributed by atoms with E-state index in [2.05, 4.69) is 15.1 Å². The van der Waals surface area contributed by atoms with Gasteiger partial charge in [0.2, 0.25) is 0 Å². The van der Waals surface area contributed by atoms with Crippen LogP contribution in [0.25, 0.3) is 0 Å². The van der Waals surface area contributed by atoms with Gasteiger partial charge in [-0.1, -0.05) is 18.2 Å². The van der Waals surface area contributed by atoms with E-state index in [4.69, 9.17) is 5.84 Å². The zero-order valence-electron chi connectivity index (χ0n) is 10.9. The molecule has 1 heterocycles. The van der Waals surface area contributed by atoms with Gasteiger partial charge in [0, 0.05) is 11.9 Å². The molecule has 0 spiro atoms. The maximum Gasteiger partial charge on any atom is 0.387 e. The summed E-state index contributed by atoms with van der Waals surface area (Å²) in [5, 5.41) is 0. The third-order valence-corrected chi connectivity index (χ3v) is 2.87. The summed E-state index contributed by atoms with van der Waals surface area (Å²) >= 11 is 0. The minimum atomic E-state index is -2.83. The molecule has 1 aromatic carbocycles. The van der Waals surface area contributed by atoms with Gasteiger partial charge in [0.1, 0.15) is 5.75 Å². The number of hydrogen-bond donors (Lipinski definition) is 2. The second-order valence-electron chi connectivity index (χ2n) is 4.28. The van der Waals surface area contributed by atoms with E-state index in [0.29, 0.717) is 0 Å². The van der Waals surface area contributed by atoms with Crippen LogP contribution in [-0.4, -0.2) is 11.6 Å². The minimum Gasteiger partial charge on any atom is -0.435 e. The summed E-state index contributed by atoms with van der Waals surface area (Å²) in [4.78, 5) is 4.21. The quantitative estimate of drug-likeness (QED) is 0.652. The van der Waals surface area contributed by atoms with Crippen LogP contribution in [-0.2, 0) is 0 Å². The largest absolute Gasteiger partial charge is 0.435 e. The van der Waals surface area contributed by atoms with Crippen molar-refractivity contribution in [1.82, 2.24) is 10.4 Å². The highest BCUT2D eigenvalue weighted by Gasteiger charge is 2.13. The van der Waals surface area contributed by atoms with Gasteiger partial charge in [-0.15, -0.1) is 0 Å². The molecule has 6 heteroatoms. The Morgan fingerprint density at radius 3 is 2.25 bits per heavy atom. The van der Waals surface area contributed by atoms with Crippen molar-refractivity contribution >= 4 is 0 Å². The second-order valence-corrected chi connectivity index (χ2v) is 4.28. The number of nitrogens with one attached hydrogen (secondary N) is 1. The number of hydrogen-bond acceptors (Lipinski definition) is 4. The molecule has 0 aliphatic heterocycles. The lowest BCUT2D eigenvalue weighted by atomic mass is 10.0. The Balaban J connectivity index is 2.21. The lowest BCUT2D eigenvalue weighted by Gasteiger charge is -2.17. The van der Waals surface area contributed by atoms with Gasteiger partial charge in [-0.2, -0.15) is 8.78 Å². The fourth-order valence-electron chi connectivity index (χ4n) is 1.88. The average Bonchev–Trinajstić information content (AvgIpc) is 2.43. The molecule has 20 heavy (non-hydrogen) atoms. The van der Waals surface area contributed by atoms with Crippen LogP contribution in [0.15, 0.2) is 42.6 Å². The second kappa shape index (κ2) is 6.40. The number of nitrogens with zero attached hydrogens (tertiary/aromatic N) is 1. The van der Waals surface area contributed by atoms with Crippen LogP contribution < -0.4 is 16.0 Å². The van der Waals surface area contributed by atoms with Crippen molar-refractivity contribution in [3.05, 3.63) is 59.4 Å². The van der Waals surface area contributed by atoms with Crippen LogP contribution in [0.1, 0.15) is 22.9 Å². The molecule has 106 valence electrons. The van der Waals surface area contributed by atoms with Crippen LogP contribution in [0.5, 0.6) is 5.75 Å². The van der Waals surface area contributed by atoms with Crippen molar-refractivity contribution in [3.8, 4) is 5.75 Å². The molecule has 0 radical (unpaired) electrons. The topological polar surface area (TPSA) is 60.2 Å². The predicted molar refractivity (Wildman–Crippen MR) is 71.2 cm³/mol. The molecule has 0 saturated heterocycles. The number of pyridine rings is 1. The standard InChI is InChI=1S/C14H15F2N3O/c1-9-2-3-11(8-18-9)13(19-17)10-4-6-12(7-5-10)20-14(15)16/h2-8,13-14,19H,17H2,1H3. The molecule has 0 amide bonds. The van der Waals surface area contributed by atoms with E-state index in [0.717, 1.165) is 16.8 Å². The van der Waals surface area contributed by atoms with Crippen molar-refractivity contribution in [3.63, 3.8) is 0 Å². The summed E-state index contributed by atoms with van der Waals surface area (Å²) in [6.07, 6.45) is 1.73. The number of nitrogens with two attached hydrogens (primary N) is 1. The zero-order valence-corrected chi connectivity index (χ0v) is 10.9. The highest BCUT2D eigenvalue weighted by Crippen LogP contribution is 2.23. The lowest BCUT2D eigenvalue weighted by Crippen LogP contribution is -2.28. The Morgan fingerprint density at radius 1 is 1.10 bits per heavy atom. The number of halogens is 2. The van der Waals surface area contributed by atoms with Gasteiger partial charge >= 0.3 is 6.61 Å². The van der Waals surface area contributed by atoms with Crippen LogP contribution in [0.4, 0.5) is 8.78 Å². The Hall–Kier alpha value is -2.05. The predicted octanol–water partition coefficient (Wildman–Crippen LogP) is 2.54. The van der Waals surface area contributed by atoms with E-state index in [1.807, 2.05) is 19.1 Å². The van der Waals surface area contributed by atoms with Crippen molar-refractivity contribution in [1.29, 1.82) is 0 Å². The first-order valence-electron chi connectivity index (χ1n) is 6.03. The fraction of sp³-hybridized carbons (Fsp3) is 0.214. The first kappa shape index (κ1) is 14.4. The van der Waals surface area contributed by atoms with E-state index >= 15 is 0 Å². The summed E-state index contributed by atoms with van der Waals surface area (Å²) in [7, 11) is 0. The molecule has 0 aliphatic rings. The molecule has 0 bridgehead atoms. The summed E-state index contributed by atoms with van der Waals surface area (Å²) in [5.41, 5.74) is 5.32. The molecule has 1 aromatic heterocycles. The third-order valence-electron chi connectivity index (χ3n) is 2.87. The van der Waals surface area contributed by atoms with Crippen molar-refractivity contribution in [2.24, 2.45) is 5.84 Å². The van der Waals surface area contributed by atoms with E-state index in [1.165, 1.54) is 12.1 Å². The SMILES string of the molecule is Cc1ccc(C(NN)c2ccc(OC(F)F)cc2)cn1. The van der Waals surface area contributed by atoms with Crippen molar-refractivity contribution in [2.45, 2.75) is 19.6 Å². The van der Waals surface area contributed by atoms with Crippen molar-refractivity contribution < 1.29 is 13.5 Å². The van der Waals surface area contributed by atoms with Crippen LogP contribution in [0.2, 0.25) is 0 Å². The number of rotatable bonds is 5. The van der Waals surface area contributed by atoms with Gasteiger partial charge in [0.15, 0.2) is 0 Å². The number of benzene rings is 1. The van der Waals surface area contributed by atoms with Gasteiger partial charge in [-0.05, 0) is 36.2 Å². The fourth-order valence-corrected chi connectivity index (χ4v) is 1.88. The molecule has 2 rings (SSSR count). The van der Waals surface area contributed by atoms with Gasteiger partial charge < -0.3 is 4.74 Å². The molecule has 2 aromatic rings. The number of aryl methyl sites for hydroxylation is 1.